The van der Waals surface area contributed by atoms with Crippen molar-refractivity contribution in [2.75, 3.05) is 33.3 Å². The Kier molecular flexibility index (Phi) is 3.48. The van der Waals surface area contributed by atoms with Crippen molar-refractivity contribution in [3.8, 4) is 0 Å². The Labute approximate surface area is 111 Å². The van der Waals surface area contributed by atoms with Gasteiger partial charge in [0.05, 0.1) is 18.3 Å². The van der Waals surface area contributed by atoms with Gasteiger partial charge in [0.25, 0.3) is 5.91 Å². The van der Waals surface area contributed by atoms with E-state index in [1.807, 2.05) is 4.90 Å². The van der Waals surface area contributed by atoms with Gasteiger partial charge in [-0.1, -0.05) is 5.21 Å². The van der Waals surface area contributed by atoms with Crippen LogP contribution < -0.4 is 5.32 Å². The highest BCUT2D eigenvalue weighted by molar-refractivity contribution is 5.92. The van der Waals surface area contributed by atoms with Crippen molar-refractivity contribution < 1.29 is 9.53 Å². The number of hydrogen-bond acceptors (Lipinski definition) is 5. The molecule has 0 atom stereocenters. The number of carbonyl (C=O) groups is 1. The summed E-state index contributed by atoms with van der Waals surface area (Å²) in [4.78, 5) is 14.1. The van der Waals surface area contributed by atoms with Gasteiger partial charge < -0.3 is 15.0 Å². The van der Waals surface area contributed by atoms with Gasteiger partial charge in [-0.25, -0.2) is 4.68 Å². The molecular formula is C12H19N5O2. The van der Waals surface area contributed by atoms with Gasteiger partial charge in [0.15, 0.2) is 5.69 Å². The minimum atomic E-state index is -0.0203. The van der Waals surface area contributed by atoms with Crippen molar-refractivity contribution in [3.05, 3.63) is 11.9 Å². The third-order valence-electron chi connectivity index (χ3n) is 3.93. The number of nitrogens with zero attached hydrogens (tertiary/aromatic N) is 4. The molecule has 2 aliphatic rings. The number of hydrogen-bond donors (Lipinski definition) is 1. The molecule has 7 heteroatoms. The molecule has 2 aliphatic heterocycles. The molecule has 0 unspecified atom stereocenters. The first-order valence-electron chi connectivity index (χ1n) is 6.72. The summed E-state index contributed by atoms with van der Waals surface area (Å²) in [6.07, 6.45) is 3.82. The first-order chi connectivity index (χ1) is 9.28. The summed E-state index contributed by atoms with van der Waals surface area (Å²) in [5.74, 6) is -0.0203. The van der Waals surface area contributed by atoms with Gasteiger partial charge in [-0.15, -0.1) is 5.10 Å². The average molecular weight is 265 g/mol. The number of rotatable bonds is 3. The van der Waals surface area contributed by atoms with Crippen LogP contribution in [0.25, 0.3) is 0 Å². The highest BCUT2D eigenvalue weighted by Crippen LogP contribution is 2.16. The van der Waals surface area contributed by atoms with Crippen LogP contribution in [0.2, 0.25) is 0 Å². The molecular weight excluding hydrogens is 246 g/mol. The van der Waals surface area contributed by atoms with Gasteiger partial charge in [0, 0.05) is 33.3 Å². The molecule has 1 amide bonds. The van der Waals surface area contributed by atoms with Gasteiger partial charge in [-0.2, -0.15) is 0 Å². The number of piperidine rings is 1. The average Bonchev–Trinajstić information content (AvgIpc) is 2.85. The fourth-order valence-electron chi connectivity index (χ4n) is 2.47. The normalized spacial score (nSPS) is 21.4. The van der Waals surface area contributed by atoms with E-state index in [1.165, 1.54) is 0 Å². The minimum Gasteiger partial charge on any atom is -0.381 e. The topological polar surface area (TPSA) is 72.3 Å². The van der Waals surface area contributed by atoms with E-state index < -0.39 is 0 Å². The number of carbonyl (C=O) groups excluding carboxylic acids is 1. The maximum atomic E-state index is 12.3. The Morgan fingerprint density at radius 3 is 2.74 bits per heavy atom. The molecule has 2 saturated heterocycles. The molecule has 2 fully saturated rings. The Bertz CT molecular complexity index is 449. The molecule has 1 N–H and O–H groups in total. The van der Waals surface area contributed by atoms with Crippen LogP contribution in [-0.4, -0.2) is 65.2 Å². The van der Waals surface area contributed by atoms with Crippen LogP contribution in [0, 0.1) is 0 Å². The summed E-state index contributed by atoms with van der Waals surface area (Å²) in [7, 11) is 1.72. The smallest absolute Gasteiger partial charge is 0.276 e. The van der Waals surface area contributed by atoms with Crippen LogP contribution in [0.1, 0.15) is 29.4 Å². The second-order valence-corrected chi connectivity index (χ2v) is 5.12. The second kappa shape index (κ2) is 5.26. The largest absolute Gasteiger partial charge is 0.381 e. The third-order valence-corrected chi connectivity index (χ3v) is 3.93. The lowest BCUT2D eigenvalue weighted by Gasteiger charge is -2.30. The number of methoxy groups -OCH3 is 1. The Morgan fingerprint density at radius 2 is 2.16 bits per heavy atom. The molecule has 19 heavy (non-hydrogen) atoms. The van der Waals surface area contributed by atoms with Crippen molar-refractivity contribution in [3.63, 3.8) is 0 Å². The number of nitrogens with one attached hydrogen (secondary N) is 1. The first kappa shape index (κ1) is 12.6. The number of ether oxygens (including phenoxy) is 1. The third kappa shape index (κ3) is 2.48. The Hall–Kier alpha value is -1.47. The van der Waals surface area contributed by atoms with E-state index in [1.54, 1.807) is 18.0 Å². The van der Waals surface area contributed by atoms with Gasteiger partial charge in [0.1, 0.15) is 0 Å². The summed E-state index contributed by atoms with van der Waals surface area (Å²) in [6, 6.07) is 0.341. The van der Waals surface area contributed by atoms with E-state index in [2.05, 4.69) is 15.6 Å². The van der Waals surface area contributed by atoms with Crippen LogP contribution >= 0.6 is 0 Å². The summed E-state index contributed by atoms with van der Waals surface area (Å²) >= 11 is 0. The monoisotopic (exact) mass is 265 g/mol. The standard InChI is InChI=1S/C12H19N5O2/c1-19-10-2-4-16(5-3-10)12(18)11-8-17(15-14-11)9-6-13-7-9/h8-10,13H,2-7H2,1H3. The van der Waals surface area contributed by atoms with E-state index in [4.69, 9.17) is 4.74 Å². The zero-order valence-corrected chi connectivity index (χ0v) is 11.1. The van der Waals surface area contributed by atoms with Crippen molar-refractivity contribution in [2.24, 2.45) is 0 Å². The maximum absolute atomic E-state index is 12.3. The summed E-state index contributed by atoms with van der Waals surface area (Å²) in [6.45, 7) is 3.26. The van der Waals surface area contributed by atoms with Crippen LogP contribution in [0.15, 0.2) is 6.20 Å². The predicted octanol–water partition coefficient (Wildman–Crippen LogP) is -0.327. The summed E-state index contributed by atoms with van der Waals surface area (Å²) in [5.41, 5.74) is 0.447. The Balaban J connectivity index is 1.62. The molecule has 1 aromatic rings. The SMILES string of the molecule is COC1CCN(C(=O)c2cn(C3CNC3)nn2)CC1. The van der Waals surface area contributed by atoms with Crippen LogP contribution in [0.5, 0.6) is 0 Å². The Morgan fingerprint density at radius 1 is 1.42 bits per heavy atom. The summed E-state index contributed by atoms with van der Waals surface area (Å²) in [5, 5.41) is 11.2. The van der Waals surface area contributed by atoms with Crippen molar-refractivity contribution in [1.82, 2.24) is 25.2 Å². The van der Waals surface area contributed by atoms with Gasteiger partial charge in [-0.3, -0.25) is 4.79 Å². The van der Waals surface area contributed by atoms with Crippen molar-refractivity contribution in [2.45, 2.75) is 25.0 Å². The quantitative estimate of drug-likeness (QED) is 0.810. The molecule has 0 aliphatic carbocycles. The molecule has 3 rings (SSSR count). The fourth-order valence-corrected chi connectivity index (χ4v) is 2.47. The molecule has 0 aromatic carbocycles. The lowest BCUT2D eigenvalue weighted by atomic mass is 10.1. The zero-order valence-electron chi connectivity index (χ0n) is 11.1. The van der Waals surface area contributed by atoms with Crippen LogP contribution in [0.4, 0.5) is 0 Å². The van der Waals surface area contributed by atoms with Crippen molar-refractivity contribution in [1.29, 1.82) is 0 Å². The molecule has 0 spiro atoms. The van der Waals surface area contributed by atoms with Crippen molar-refractivity contribution >= 4 is 5.91 Å². The van der Waals surface area contributed by atoms with Crippen LogP contribution in [0.3, 0.4) is 0 Å². The second-order valence-electron chi connectivity index (χ2n) is 5.12. The van der Waals surface area contributed by atoms with Crippen LogP contribution in [-0.2, 0) is 4.74 Å². The van der Waals surface area contributed by atoms with Gasteiger partial charge >= 0.3 is 0 Å². The maximum Gasteiger partial charge on any atom is 0.276 e. The molecule has 0 radical (unpaired) electrons. The van der Waals surface area contributed by atoms with E-state index in [0.717, 1.165) is 39.0 Å². The van der Waals surface area contributed by atoms with E-state index in [-0.39, 0.29) is 12.0 Å². The molecule has 3 heterocycles. The fraction of sp³-hybridized carbons (Fsp3) is 0.750. The first-order valence-corrected chi connectivity index (χ1v) is 6.72. The zero-order chi connectivity index (χ0) is 13.2. The number of amides is 1. The molecule has 7 nitrogen and oxygen atoms in total. The summed E-state index contributed by atoms with van der Waals surface area (Å²) < 4.78 is 7.09. The van der Waals surface area contributed by atoms with Gasteiger partial charge in [-0.05, 0) is 12.8 Å². The lowest BCUT2D eigenvalue weighted by Crippen LogP contribution is -2.43. The number of likely N-dealkylation sites (tertiary alicyclic amines) is 1. The van der Waals surface area contributed by atoms with E-state index >= 15 is 0 Å². The molecule has 104 valence electrons. The lowest BCUT2D eigenvalue weighted by molar-refractivity contribution is 0.0347. The highest BCUT2D eigenvalue weighted by Gasteiger charge is 2.27. The van der Waals surface area contributed by atoms with Gasteiger partial charge in [0.2, 0.25) is 0 Å². The van der Waals surface area contributed by atoms with E-state index in [9.17, 15) is 4.79 Å². The molecule has 0 bridgehead atoms. The molecule has 1 aromatic heterocycles. The highest BCUT2D eigenvalue weighted by atomic mass is 16.5. The predicted molar refractivity (Wildman–Crippen MR) is 67.9 cm³/mol. The minimum absolute atomic E-state index is 0.0203. The van der Waals surface area contributed by atoms with E-state index in [0.29, 0.717) is 11.7 Å². The molecule has 0 saturated carbocycles. The number of aromatic nitrogens is 3.